The zero-order valence-electron chi connectivity index (χ0n) is 16.9. The van der Waals surface area contributed by atoms with E-state index in [9.17, 15) is 0 Å². The van der Waals surface area contributed by atoms with Gasteiger partial charge in [0.25, 0.3) is 0 Å². The second-order valence-corrected chi connectivity index (χ2v) is 9.73. The van der Waals surface area contributed by atoms with Crippen molar-refractivity contribution in [2.75, 3.05) is 6.54 Å². The predicted molar refractivity (Wildman–Crippen MR) is 121 cm³/mol. The van der Waals surface area contributed by atoms with Crippen LogP contribution in [-0.2, 0) is 6.42 Å². The van der Waals surface area contributed by atoms with Crippen LogP contribution in [0.4, 0.5) is 0 Å². The highest BCUT2D eigenvalue weighted by Gasteiger charge is 2.20. The van der Waals surface area contributed by atoms with E-state index in [1.54, 1.807) is 0 Å². The highest BCUT2D eigenvalue weighted by Crippen LogP contribution is 2.35. The van der Waals surface area contributed by atoms with Crippen molar-refractivity contribution in [3.63, 3.8) is 0 Å². The SMILES string of the molecule is Cc1cc(C)cc(P(c2cc(C)cc(C)c2)c2ccccc2CCCN)c1. The summed E-state index contributed by atoms with van der Waals surface area (Å²) >= 11 is 0. The van der Waals surface area contributed by atoms with E-state index in [0.717, 1.165) is 19.4 Å². The summed E-state index contributed by atoms with van der Waals surface area (Å²) in [5.74, 6) is 0. The van der Waals surface area contributed by atoms with Crippen LogP contribution in [0.3, 0.4) is 0 Å². The third-order valence-electron chi connectivity index (χ3n) is 4.81. The van der Waals surface area contributed by atoms with Crippen LogP contribution in [0, 0.1) is 27.7 Å². The minimum Gasteiger partial charge on any atom is -0.330 e. The van der Waals surface area contributed by atoms with Crippen LogP contribution >= 0.6 is 7.92 Å². The average molecular weight is 375 g/mol. The fraction of sp³-hybridized carbons (Fsp3) is 0.280. The van der Waals surface area contributed by atoms with Crippen LogP contribution in [0.2, 0.25) is 0 Å². The van der Waals surface area contributed by atoms with Crippen LogP contribution in [-0.4, -0.2) is 6.54 Å². The van der Waals surface area contributed by atoms with E-state index in [-0.39, 0.29) is 0 Å². The molecule has 0 radical (unpaired) electrons. The zero-order valence-corrected chi connectivity index (χ0v) is 17.8. The Kier molecular flexibility index (Phi) is 6.47. The molecule has 0 amide bonds. The first-order valence-electron chi connectivity index (χ1n) is 9.72. The van der Waals surface area contributed by atoms with E-state index >= 15 is 0 Å². The van der Waals surface area contributed by atoms with E-state index < -0.39 is 7.92 Å². The quantitative estimate of drug-likeness (QED) is 0.628. The molecule has 3 aromatic carbocycles. The van der Waals surface area contributed by atoms with Crippen LogP contribution in [0.5, 0.6) is 0 Å². The standard InChI is InChI=1S/C25H30NP/c1-18-12-19(2)15-23(14-18)27(24-16-20(3)13-21(4)17-24)25-10-6-5-8-22(25)9-7-11-26/h5-6,8,10,12-17H,7,9,11,26H2,1-4H3. The summed E-state index contributed by atoms with van der Waals surface area (Å²) in [7, 11) is -0.589. The molecule has 0 aliphatic carbocycles. The second kappa shape index (κ2) is 8.83. The molecule has 0 aromatic heterocycles. The van der Waals surface area contributed by atoms with Gasteiger partial charge in [0.2, 0.25) is 0 Å². The molecule has 3 rings (SSSR count). The van der Waals surface area contributed by atoms with Crippen LogP contribution in [0.15, 0.2) is 60.7 Å². The van der Waals surface area contributed by atoms with Gasteiger partial charge in [-0.25, -0.2) is 0 Å². The Bertz CT molecular complexity index is 837. The minimum atomic E-state index is -0.589. The summed E-state index contributed by atoms with van der Waals surface area (Å²) in [4.78, 5) is 0. The normalized spacial score (nSPS) is 11.2. The van der Waals surface area contributed by atoms with Crippen molar-refractivity contribution < 1.29 is 0 Å². The van der Waals surface area contributed by atoms with Gasteiger partial charge in [-0.2, -0.15) is 0 Å². The van der Waals surface area contributed by atoms with Crippen LogP contribution in [0.1, 0.15) is 34.2 Å². The highest BCUT2D eigenvalue weighted by molar-refractivity contribution is 7.79. The van der Waals surface area contributed by atoms with Crippen LogP contribution in [0.25, 0.3) is 0 Å². The molecule has 1 nitrogen and oxygen atoms in total. The molecule has 0 aliphatic rings. The molecule has 0 aliphatic heterocycles. The number of benzene rings is 3. The van der Waals surface area contributed by atoms with E-state index in [2.05, 4.69) is 88.4 Å². The molecule has 3 aromatic rings. The molecule has 0 heterocycles. The summed E-state index contributed by atoms with van der Waals surface area (Å²) in [5.41, 5.74) is 12.6. The maximum absolute atomic E-state index is 5.81. The maximum Gasteiger partial charge on any atom is -0.00741 e. The van der Waals surface area contributed by atoms with Crippen molar-refractivity contribution >= 4 is 23.8 Å². The molecule has 0 fully saturated rings. The molecule has 0 unspecified atom stereocenters. The van der Waals surface area contributed by atoms with Gasteiger partial charge >= 0.3 is 0 Å². The molecular formula is C25H30NP. The van der Waals surface area contributed by atoms with Crippen molar-refractivity contribution in [3.05, 3.63) is 88.5 Å². The Hall–Kier alpha value is -1.95. The lowest BCUT2D eigenvalue weighted by Crippen LogP contribution is -2.24. The number of hydrogen-bond acceptors (Lipinski definition) is 1. The first kappa shape index (κ1) is 19.8. The largest absolute Gasteiger partial charge is 0.330 e. The number of aryl methyl sites for hydroxylation is 5. The molecule has 0 atom stereocenters. The summed E-state index contributed by atoms with van der Waals surface area (Å²) in [6, 6.07) is 23.0. The summed E-state index contributed by atoms with van der Waals surface area (Å²) in [6.45, 7) is 9.54. The highest BCUT2D eigenvalue weighted by atomic mass is 31.1. The van der Waals surface area contributed by atoms with Gasteiger partial charge < -0.3 is 5.73 Å². The Balaban J connectivity index is 2.22. The number of nitrogens with two attached hydrogens (primary N) is 1. The van der Waals surface area contributed by atoms with Crippen molar-refractivity contribution in [2.45, 2.75) is 40.5 Å². The molecule has 0 saturated heterocycles. The van der Waals surface area contributed by atoms with Gasteiger partial charge in [0, 0.05) is 0 Å². The Labute approximate surface area is 165 Å². The predicted octanol–water partition coefficient (Wildman–Crippen LogP) is 4.57. The van der Waals surface area contributed by atoms with E-state index in [0.29, 0.717) is 0 Å². The first-order valence-corrected chi connectivity index (χ1v) is 11.1. The first-order chi connectivity index (χ1) is 13.0. The summed E-state index contributed by atoms with van der Waals surface area (Å²) in [5, 5.41) is 4.34. The van der Waals surface area contributed by atoms with Crippen molar-refractivity contribution in [1.29, 1.82) is 0 Å². The molecular weight excluding hydrogens is 345 g/mol. The van der Waals surface area contributed by atoms with Gasteiger partial charge in [-0.05, 0) is 76.5 Å². The maximum atomic E-state index is 5.81. The monoisotopic (exact) mass is 375 g/mol. The molecule has 0 saturated carbocycles. The number of rotatable bonds is 6. The lowest BCUT2D eigenvalue weighted by molar-refractivity contribution is 0.836. The Morgan fingerprint density at radius 1 is 0.704 bits per heavy atom. The van der Waals surface area contributed by atoms with Gasteiger partial charge in [-0.15, -0.1) is 0 Å². The van der Waals surface area contributed by atoms with Gasteiger partial charge in [0.05, 0.1) is 0 Å². The molecule has 2 heteroatoms. The molecule has 27 heavy (non-hydrogen) atoms. The van der Waals surface area contributed by atoms with Gasteiger partial charge in [-0.3, -0.25) is 0 Å². The summed E-state index contributed by atoms with van der Waals surface area (Å²) < 4.78 is 0. The van der Waals surface area contributed by atoms with Crippen LogP contribution < -0.4 is 21.6 Å². The zero-order chi connectivity index (χ0) is 19.4. The van der Waals surface area contributed by atoms with E-state index in [4.69, 9.17) is 5.73 Å². The summed E-state index contributed by atoms with van der Waals surface area (Å²) in [6.07, 6.45) is 2.07. The van der Waals surface area contributed by atoms with E-state index in [1.807, 2.05) is 0 Å². The molecule has 140 valence electrons. The third kappa shape index (κ3) is 4.86. The molecule has 0 bridgehead atoms. The minimum absolute atomic E-state index is 0.589. The fourth-order valence-corrected chi connectivity index (χ4v) is 6.71. The Morgan fingerprint density at radius 3 is 1.67 bits per heavy atom. The van der Waals surface area contributed by atoms with Gasteiger partial charge in [-0.1, -0.05) is 82.9 Å². The number of hydrogen-bond donors (Lipinski definition) is 1. The topological polar surface area (TPSA) is 26.0 Å². The molecule has 2 N–H and O–H groups in total. The third-order valence-corrected chi connectivity index (χ3v) is 7.28. The Morgan fingerprint density at radius 2 is 1.19 bits per heavy atom. The molecule has 0 spiro atoms. The second-order valence-electron chi connectivity index (χ2n) is 7.55. The van der Waals surface area contributed by atoms with Crippen molar-refractivity contribution in [3.8, 4) is 0 Å². The van der Waals surface area contributed by atoms with Gasteiger partial charge in [0.1, 0.15) is 0 Å². The van der Waals surface area contributed by atoms with Crippen molar-refractivity contribution in [2.24, 2.45) is 5.73 Å². The lowest BCUT2D eigenvalue weighted by atomic mass is 10.1. The smallest absolute Gasteiger partial charge is 0.00741 e. The average Bonchev–Trinajstić information content (AvgIpc) is 2.59. The fourth-order valence-electron chi connectivity index (χ4n) is 3.82. The van der Waals surface area contributed by atoms with E-state index in [1.165, 1.54) is 43.7 Å². The van der Waals surface area contributed by atoms with Gasteiger partial charge in [0.15, 0.2) is 0 Å². The van der Waals surface area contributed by atoms with Crippen molar-refractivity contribution in [1.82, 2.24) is 0 Å². The lowest BCUT2D eigenvalue weighted by Gasteiger charge is -2.24.